The second kappa shape index (κ2) is 8.29. The summed E-state index contributed by atoms with van der Waals surface area (Å²) in [5, 5.41) is 10.2. The highest BCUT2D eigenvalue weighted by atomic mass is 16.5. The average Bonchev–Trinajstić information content (AvgIpc) is 2.74. The Bertz CT molecular complexity index is 957. The van der Waals surface area contributed by atoms with E-state index >= 15 is 0 Å². The monoisotopic (exact) mass is 394 g/mol. The van der Waals surface area contributed by atoms with E-state index in [2.05, 4.69) is 0 Å². The fourth-order valence-electron chi connectivity index (χ4n) is 3.23. The molecule has 0 radical (unpaired) electrons. The van der Waals surface area contributed by atoms with Gasteiger partial charge in [0.2, 0.25) is 0 Å². The van der Waals surface area contributed by atoms with Crippen LogP contribution in [0.4, 0.5) is 0 Å². The molecular formula is C24H26O5. The van der Waals surface area contributed by atoms with E-state index in [-0.39, 0.29) is 24.1 Å². The molecule has 0 saturated heterocycles. The third-order valence-corrected chi connectivity index (χ3v) is 5.60. The molecule has 0 spiro atoms. The van der Waals surface area contributed by atoms with E-state index in [1.807, 2.05) is 20.8 Å². The minimum atomic E-state index is -0.791. The molecule has 0 amide bonds. The van der Waals surface area contributed by atoms with E-state index in [1.54, 1.807) is 42.5 Å². The molecule has 29 heavy (non-hydrogen) atoms. The Kier molecular flexibility index (Phi) is 5.99. The summed E-state index contributed by atoms with van der Waals surface area (Å²) in [6.45, 7) is 5.48. The van der Waals surface area contributed by atoms with E-state index in [4.69, 9.17) is 4.74 Å². The van der Waals surface area contributed by atoms with Crippen molar-refractivity contribution in [2.24, 2.45) is 5.41 Å². The van der Waals surface area contributed by atoms with Crippen molar-refractivity contribution in [3.8, 4) is 0 Å². The largest absolute Gasteiger partial charge is 0.463 e. The van der Waals surface area contributed by atoms with Crippen LogP contribution in [0.15, 0.2) is 42.5 Å². The number of aryl methyl sites for hydroxylation is 1. The highest BCUT2D eigenvalue weighted by molar-refractivity contribution is 6.28. The molecule has 0 fully saturated rings. The molecule has 2 aromatic rings. The van der Waals surface area contributed by atoms with Crippen LogP contribution < -0.4 is 0 Å². The van der Waals surface area contributed by atoms with Gasteiger partial charge in [0.25, 0.3) is 0 Å². The summed E-state index contributed by atoms with van der Waals surface area (Å²) >= 11 is 0. The van der Waals surface area contributed by atoms with Gasteiger partial charge in [-0.15, -0.1) is 0 Å². The zero-order chi connectivity index (χ0) is 21.2. The standard InChI is InChI=1S/C24H26O5/c1-4-24(2,3)23(28)29-14-16(25)11-9-15-10-12-19-20(13-15)22(27)18-8-6-5-7-17(18)21(19)26/h5-8,10,12-13,16,25H,4,9,11,14H2,1-3H3. The Balaban J connectivity index is 1.64. The summed E-state index contributed by atoms with van der Waals surface area (Å²) in [6.07, 6.45) is 0.761. The molecule has 2 aromatic carbocycles. The minimum Gasteiger partial charge on any atom is -0.463 e. The fraction of sp³-hybridized carbons (Fsp3) is 0.375. The fourth-order valence-corrected chi connectivity index (χ4v) is 3.23. The van der Waals surface area contributed by atoms with E-state index in [0.29, 0.717) is 41.5 Å². The van der Waals surface area contributed by atoms with E-state index in [1.165, 1.54) is 0 Å². The molecule has 1 aliphatic rings. The molecule has 1 unspecified atom stereocenters. The van der Waals surface area contributed by atoms with Crippen molar-refractivity contribution in [3.63, 3.8) is 0 Å². The summed E-state index contributed by atoms with van der Waals surface area (Å²) in [7, 11) is 0. The Hall–Kier alpha value is -2.79. The normalized spacial score (nSPS) is 14.2. The van der Waals surface area contributed by atoms with Crippen molar-refractivity contribution in [1.29, 1.82) is 0 Å². The second-order valence-electron chi connectivity index (χ2n) is 8.11. The van der Waals surface area contributed by atoms with Gasteiger partial charge in [-0.3, -0.25) is 14.4 Å². The van der Waals surface area contributed by atoms with Gasteiger partial charge in [-0.2, -0.15) is 0 Å². The summed E-state index contributed by atoms with van der Waals surface area (Å²) in [5.74, 6) is -0.629. The summed E-state index contributed by atoms with van der Waals surface area (Å²) in [5.41, 5.74) is 1.95. The maximum atomic E-state index is 12.8. The Morgan fingerprint density at radius 2 is 1.59 bits per heavy atom. The average molecular weight is 394 g/mol. The van der Waals surface area contributed by atoms with Gasteiger partial charge in [-0.1, -0.05) is 43.3 Å². The van der Waals surface area contributed by atoms with Gasteiger partial charge in [0.15, 0.2) is 11.6 Å². The van der Waals surface area contributed by atoms with Crippen molar-refractivity contribution in [3.05, 3.63) is 70.3 Å². The van der Waals surface area contributed by atoms with Gasteiger partial charge in [-0.25, -0.2) is 0 Å². The van der Waals surface area contributed by atoms with Crippen molar-refractivity contribution in [1.82, 2.24) is 0 Å². The van der Waals surface area contributed by atoms with Crippen LogP contribution in [0.3, 0.4) is 0 Å². The lowest BCUT2D eigenvalue weighted by Gasteiger charge is -2.21. The molecule has 1 aliphatic carbocycles. The minimum absolute atomic E-state index is 0.0575. The molecular weight excluding hydrogens is 368 g/mol. The van der Waals surface area contributed by atoms with Crippen LogP contribution in [0.5, 0.6) is 0 Å². The highest BCUT2D eigenvalue weighted by Crippen LogP contribution is 2.28. The quantitative estimate of drug-likeness (QED) is 0.618. The molecule has 0 saturated carbocycles. The Labute approximate surface area is 170 Å². The number of ketones is 2. The molecule has 5 heteroatoms. The van der Waals surface area contributed by atoms with Crippen LogP contribution in [-0.4, -0.2) is 35.4 Å². The van der Waals surface area contributed by atoms with Crippen molar-refractivity contribution >= 4 is 17.5 Å². The number of hydrogen-bond donors (Lipinski definition) is 1. The first-order valence-electron chi connectivity index (χ1n) is 9.91. The number of carbonyl (C=O) groups is 3. The van der Waals surface area contributed by atoms with Gasteiger partial charge in [0.05, 0.1) is 11.5 Å². The van der Waals surface area contributed by atoms with Crippen molar-refractivity contribution in [2.75, 3.05) is 6.61 Å². The maximum absolute atomic E-state index is 12.8. The van der Waals surface area contributed by atoms with Crippen LogP contribution in [0.25, 0.3) is 0 Å². The van der Waals surface area contributed by atoms with Crippen molar-refractivity contribution < 1.29 is 24.2 Å². The first kappa shape index (κ1) is 20.9. The molecule has 152 valence electrons. The van der Waals surface area contributed by atoms with Gasteiger partial charge in [0, 0.05) is 22.3 Å². The van der Waals surface area contributed by atoms with Gasteiger partial charge >= 0.3 is 5.97 Å². The smallest absolute Gasteiger partial charge is 0.311 e. The first-order valence-corrected chi connectivity index (χ1v) is 9.91. The second-order valence-corrected chi connectivity index (χ2v) is 8.11. The van der Waals surface area contributed by atoms with Crippen LogP contribution in [0, 0.1) is 5.41 Å². The third kappa shape index (κ3) is 4.30. The number of fused-ring (bicyclic) bond motifs is 2. The van der Waals surface area contributed by atoms with Gasteiger partial charge < -0.3 is 9.84 Å². The molecule has 1 N–H and O–H groups in total. The molecule has 0 heterocycles. The number of rotatable bonds is 7. The Morgan fingerprint density at radius 3 is 2.21 bits per heavy atom. The van der Waals surface area contributed by atoms with E-state index in [0.717, 1.165) is 5.56 Å². The number of carbonyl (C=O) groups excluding carboxylic acids is 3. The number of aliphatic hydroxyl groups is 1. The number of hydrogen-bond acceptors (Lipinski definition) is 5. The molecule has 0 bridgehead atoms. The van der Waals surface area contributed by atoms with Crippen LogP contribution >= 0.6 is 0 Å². The van der Waals surface area contributed by atoms with Crippen LogP contribution in [0.2, 0.25) is 0 Å². The van der Waals surface area contributed by atoms with Gasteiger partial charge in [-0.05, 0) is 44.7 Å². The number of ether oxygens (including phenoxy) is 1. The first-order chi connectivity index (χ1) is 13.7. The predicted molar refractivity (Wildman–Crippen MR) is 109 cm³/mol. The van der Waals surface area contributed by atoms with E-state index < -0.39 is 11.5 Å². The number of aliphatic hydroxyl groups excluding tert-OH is 1. The van der Waals surface area contributed by atoms with Crippen LogP contribution in [0.1, 0.15) is 71.0 Å². The summed E-state index contributed by atoms with van der Waals surface area (Å²) < 4.78 is 5.22. The third-order valence-electron chi connectivity index (χ3n) is 5.60. The highest BCUT2D eigenvalue weighted by Gasteiger charge is 2.30. The zero-order valence-corrected chi connectivity index (χ0v) is 17.0. The Morgan fingerprint density at radius 1 is 1.00 bits per heavy atom. The molecule has 0 aliphatic heterocycles. The predicted octanol–water partition coefficient (Wildman–Crippen LogP) is 3.73. The molecule has 5 nitrogen and oxygen atoms in total. The lowest BCUT2D eigenvalue weighted by Crippen LogP contribution is -2.29. The number of benzene rings is 2. The maximum Gasteiger partial charge on any atom is 0.311 e. The van der Waals surface area contributed by atoms with E-state index in [9.17, 15) is 19.5 Å². The summed E-state index contributed by atoms with van der Waals surface area (Å²) in [6, 6.07) is 12.0. The number of esters is 1. The molecule has 0 aromatic heterocycles. The zero-order valence-electron chi connectivity index (χ0n) is 17.0. The summed E-state index contributed by atoms with van der Waals surface area (Å²) in [4.78, 5) is 37.4. The SMILES string of the molecule is CCC(C)(C)C(=O)OCC(O)CCc1ccc2c(c1)C(=O)c1ccccc1C2=O. The topological polar surface area (TPSA) is 80.7 Å². The molecule has 1 atom stereocenters. The molecule has 3 rings (SSSR count). The van der Waals surface area contributed by atoms with Crippen LogP contribution in [-0.2, 0) is 16.0 Å². The van der Waals surface area contributed by atoms with Crippen molar-refractivity contribution in [2.45, 2.75) is 46.1 Å². The lowest BCUT2D eigenvalue weighted by molar-refractivity contribution is -0.157. The van der Waals surface area contributed by atoms with Gasteiger partial charge in [0.1, 0.15) is 6.61 Å². The lowest BCUT2D eigenvalue weighted by atomic mass is 9.83.